The van der Waals surface area contributed by atoms with Crippen LogP contribution in [0.1, 0.15) is 97.5 Å². The molecule has 0 aliphatic rings. The van der Waals surface area contributed by atoms with Crippen LogP contribution in [0.2, 0.25) is 0 Å². The Bertz CT molecular complexity index is 403. The fraction of sp³-hybridized carbons (Fsp3) is 0.727. The lowest BCUT2D eigenvalue weighted by molar-refractivity contribution is 0.454. The first-order valence-corrected chi connectivity index (χ1v) is 10.1. The zero-order valence-electron chi connectivity index (χ0n) is 17.8. The third kappa shape index (κ3) is 22.6. The van der Waals surface area contributed by atoms with Crippen molar-refractivity contribution in [1.82, 2.24) is 9.97 Å². The molecule has 0 saturated carbocycles. The zero-order chi connectivity index (χ0) is 19.5. The molecule has 1 aromatic heterocycles. The molecule has 0 bridgehead atoms. The maximum absolute atomic E-state index is 4.92. The van der Waals surface area contributed by atoms with E-state index in [4.69, 9.17) is 5.73 Å². The first-order chi connectivity index (χ1) is 11.9. The van der Waals surface area contributed by atoms with Crippen molar-refractivity contribution in [3.05, 3.63) is 36.1 Å². The van der Waals surface area contributed by atoms with Crippen LogP contribution in [0.5, 0.6) is 0 Å². The molecule has 0 fully saturated rings. The maximum atomic E-state index is 4.92. The zero-order valence-corrected chi connectivity index (χ0v) is 17.8. The van der Waals surface area contributed by atoms with Gasteiger partial charge >= 0.3 is 0 Å². The van der Waals surface area contributed by atoms with Crippen molar-refractivity contribution in [3.8, 4) is 0 Å². The van der Waals surface area contributed by atoms with Gasteiger partial charge in [0.2, 0.25) is 0 Å². The number of unbranched alkanes of at least 4 members (excludes halogenated alkanes) is 3. The number of aryl methyl sites for hydroxylation is 2. The number of rotatable bonds is 9. The molecule has 0 saturated heterocycles. The van der Waals surface area contributed by atoms with Gasteiger partial charge in [-0.15, -0.1) is 0 Å². The Balaban J connectivity index is 0. The second-order valence-corrected chi connectivity index (χ2v) is 6.93. The molecule has 3 heteroatoms. The number of hydrogen-bond acceptors (Lipinski definition) is 3. The summed E-state index contributed by atoms with van der Waals surface area (Å²) in [4.78, 5) is 8.34. The minimum atomic E-state index is 0.667. The van der Waals surface area contributed by atoms with E-state index in [1.165, 1.54) is 57.1 Å². The van der Waals surface area contributed by atoms with Crippen LogP contribution >= 0.6 is 0 Å². The molecule has 0 aliphatic heterocycles. The molecule has 0 aliphatic carbocycles. The summed E-state index contributed by atoms with van der Waals surface area (Å²) in [6.45, 7) is 16.1. The van der Waals surface area contributed by atoms with Crippen molar-refractivity contribution in [2.45, 2.75) is 99.3 Å². The van der Waals surface area contributed by atoms with Crippen molar-refractivity contribution in [1.29, 1.82) is 0 Å². The molecule has 0 radical (unpaired) electrons. The second-order valence-electron chi connectivity index (χ2n) is 6.93. The van der Waals surface area contributed by atoms with Crippen LogP contribution in [0.3, 0.4) is 0 Å². The van der Waals surface area contributed by atoms with Crippen molar-refractivity contribution >= 4 is 0 Å². The average molecular weight is 350 g/mol. The monoisotopic (exact) mass is 349 g/mol. The van der Waals surface area contributed by atoms with Gasteiger partial charge in [-0.25, -0.2) is 9.97 Å². The van der Waals surface area contributed by atoms with Gasteiger partial charge in [-0.2, -0.15) is 0 Å². The highest BCUT2D eigenvalue weighted by Gasteiger charge is 1.98. The summed E-state index contributed by atoms with van der Waals surface area (Å²) in [6, 6.07) is 1.99. The summed E-state index contributed by atoms with van der Waals surface area (Å²) in [5.74, 6) is 1.85. The maximum Gasteiger partial charge on any atom is 0.125 e. The lowest BCUT2D eigenvalue weighted by Gasteiger charge is -2.08. The van der Waals surface area contributed by atoms with E-state index in [0.29, 0.717) is 5.70 Å². The molecule has 25 heavy (non-hydrogen) atoms. The molecule has 146 valence electrons. The third-order valence-electron chi connectivity index (χ3n) is 3.72. The first-order valence-electron chi connectivity index (χ1n) is 10.1. The van der Waals surface area contributed by atoms with Crippen LogP contribution in [-0.4, -0.2) is 9.97 Å². The molecular formula is C22H43N3. The van der Waals surface area contributed by atoms with Gasteiger partial charge in [0, 0.05) is 11.9 Å². The molecule has 2 N–H and O–H groups in total. The van der Waals surface area contributed by atoms with E-state index < -0.39 is 0 Å². The standard InChI is InChI=1S/C10H22.C9H14N2.C3H7N/c1-4-6-8-10(3)9-7-5-2;1-3-4-5-9-6-7-10-8(2)11-9;1-3(2)4/h10H,4-9H2,1-3H3;6-7H,3-5H2,1-2H3;1,4H2,2H3. The lowest BCUT2D eigenvalue weighted by Crippen LogP contribution is -1.93. The van der Waals surface area contributed by atoms with Crippen molar-refractivity contribution < 1.29 is 0 Å². The molecule has 3 nitrogen and oxygen atoms in total. The van der Waals surface area contributed by atoms with E-state index in [1.54, 1.807) is 6.92 Å². The molecule has 0 atom stereocenters. The largest absolute Gasteiger partial charge is 0.403 e. The van der Waals surface area contributed by atoms with Gasteiger partial charge in [0.15, 0.2) is 0 Å². The number of allylic oxidation sites excluding steroid dienone is 1. The van der Waals surface area contributed by atoms with Crippen LogP contribution in [-0.2, 0) is 6.42 Å². The normalized spacial score (nSPS) is 9.72. The smallest absolute Gasteiger partial charge is 0.125 e. The molecule has 0 aromatic carbocycles. The second kappa shape index (κ2) is 19.0. The van der Waals surface area contributed by atoms with Crippen LogP contribution in [0.4, 0.5) is 0 Å². The highest BCUT2D eigenvalue weighted by molar-refractivity contribution is 5.01. The highest BCUT2D eigenvalue weighted by atomic mass is 14.9. The van der Waals surface area contributed by atoms with Gasteiger partial charge in [-0.05, 0) is 44.4 Å². The van der Waals surface area contributed by atoms with Crippen LogP contribution < -0.4 is 5.73 Å². The lowest BCUT2D eigenvalue weighted by atomic mass is 9.98. The number of nitrogens with zero attached hydrogens (tertiary/aromatic N) is 2. The van der Waals surface area contributed by atoms with Gasteiger partial charge < -0.3 is 5.73 Å². The minimum absolute atomic E-state index is 0.667. The summed E-state index contributed by atoms with van der Waals surface area (Å²) in [5.41, 5.74) is 6.75. The Kier molecular flexibility index (Phi) is 19.6. The Morgan fingerprint density at radius 2 is 1.56 bits per heavy atom. The Morgan fingerprint density at radius 1 is 1.08 bits per heavy atom. The van der Waals surface area contributed by atoms with Gasteiger partial charge in [0.25, 0.3) is 0 Å². The quantitative estimate of drug-likeness (QED) is 0.545. The summed E-state index contributed by atoms with van der Waals surface area (Å²) < 4.78 is 0. The van der Waals surface area contributed by atoms with Gasteiger partial charge in [0.05, 0.1) is 0 Å². The summed E-state index contributed by atoms with van der Waals surface area (Å²) in [7, 11) is 0. The van der Waals surface area contributed by atoms with Crippen molar-refractivity contribution in [2.24, 2.45) is 11.7 Å². The van der Waals surface area contributed by atoms with Gasteiger partial charge in [-0.1, -0.05) is 79.2 Å². The summed E-state index contributed by atoms with van der Waals surface area (Å²) >= 11 is 0. The number of hydrogen-bond donors (Lipinski definition) is 1. The fourth-order valence-corrected chi connectivity index (χ4v) is 2.25. The number of nitrogens with two attached hydrogens (primary N) is 1. The third-order valence-corrected chi connectivity index (χ3v) is 3.72. The van der Waals surface area contributed by atoms with Crippen molar-refractivity contribution in [3.63, 3.8) is 0 Å². The predicted octanol–water partition coefficient (Wildman–Crippen LogP) is 6.61. The molecule has 0 amide bonds. The van der Waals surface area contributed by atoms with E-state index in [1.807, 2.05) is 19.2 Å². The minimum Gasteiger partial charge on any atom is -0.403 e. The Labute approximate surface area is 157 Å². The highest BCUT2D eigenvalue weighted by Crippen LogP contribution is 2.14. The van der Waals surface area contributed by atoms with Gasteiger partial charge in [0.1, 0.15) is 5.82 Å². The van der Waals surface area contributed by atoms with Crippen LogP contribution in [0.15, 0.2) is 24.5 Å². The van der Waals surface area contributed by atoms with Crippen molar-refractivity contribution in [2.75, 3.05) is 0 Å². The molecule has 1 heterocycles. The fourth-order valence-electron chi connectivity index (χ4n) is 2.25. The van der Waals surface area contributed by atoms with E-state index in [9.17, 15) is 0 Å². The van der Waals surface area contributed by atoms with E-state index in [-0.39, 0.29) is 0 Å². The van der Waals surface area contributed by atoms with E-state index in [2.05, 4.69) is 44.2 Å². The molecule has 0 spiro atoms. The predicted molar refractivity (Wildman–Crippen MR) is 113 cm³/mol. The molecule has 1 aromatic rings. The van der Waals surface area contributed by atoms with E-state index in [0.717, 1.165) is 18.2 Å². The first kappa shape index (κ1) is 25.9. The SMILES string of the molecule is C=C(C)N.CCCCC(C)CCCC.CCCCc1ccnc(C)n1. The van der Waals surface area contributed by atoms with E-state index >= 15 is 0 Å². The topological polar surface area (TPSA) is 51.8 Å². The average Bonchev–Trinajstić information content (AvgIpc) is 2.56. The van der Waals surface area contributed by atoms with Crippen LogP contribution in [0.25, 0.3) is 0 Å². The Hall–Kier alpha value is -1.38. The van der Waals surface area contributed by atoms with Crippen LogP contribution in [0, 0.1) is 12.8 Å². The summed E-state index contributed by atoms with van der Waals surface area (Å²) in [6.07, 6.45) is 13.8. The molecule has 1 rings (SSSR count). The number of aromatic nitrogens is 2. The molecular weight excluding hydrogens is 306 g/mol. The molecule has 0 unspecified atom stereocenters. The summed E-state index contributed by atoms with van der Waals surface area (Å²) in [5, 5.41) is 0. The van der Waals surface area contributed by atoms with Gasteiger partial charge in [-0.3, -0.25) is 0 Å². The Morgan fingerprint density at radius 3 is 1.96 bits per heavy atom.